The molecule has 0 atom stereocenters. The van der Waals surface area contributed by atoms with Crippen LogP contribution in [-0.2, 0) is 4.79 Å². The third-order valence-corrected chi connectivity index (χ3v) is 0.135. The quantitative estimate of drug-likeness (QED) is 0.571. The van der Waals surface area contributed by atoms with Gasteiger partial charge in [-0.25, -0.2) is 4.79 Å². The predicted octanol–water partition coefficient (Wildman–Crippen LogP) is 1.47. The van der Waals surface area contributed by atoms with E-state index in [2.05, 4.69) is 39.5 Å². The SMILES string of the molecule is C=C.C=C.C=C.O=C(O)CO. The molecule has 0 aliphatic heterocycles. The predicted molar refractivity (Wildman–Crippen MR) is 48.5 cm³/mol. The summed E-state index contributed by atoms with van der Waals surface area (Å²) in [4.78, 5) is 9.12. The summed E-state index contributed by atoms with van der Waals surface area (Å²) in [5.74, 6) is -1.19. The summed E-state index contributed by atoms with van der Waals surface area (Å²) in [6.45, 7) is 17.2. The van der Waals surface area contributed by atoms with Crippen LogP contribution in [0.15, 0.2) is 39.5 Å². The van der Waals surface area contributed by atoms with Gasteiger partial charge in [-0.1, -0.05) is 0 Å². The number of hydrogen-bond donors (Lipinski definition) is 2. The minimum Gasteiger partial charge on any atom is -0.480 e. The summed E-state index contributed by atoms with van der Waals surface area (Å²) >= 11 is 0. The third kappa shape index (κ3) is 905. The topological polar surface area (TPSA) is 57.5 Å². The molecule has 0 radical (unpaired) electrons. The first-order valence-electron chi connectivity index (χ1n) is 2.60. The average Bonchev–Trinajstić information content (AvgIpc) is 2.15. The molecule has 0 unspecified atom stereocenters. The van der Waals surface area contributed by atoms with Gasteiger partial charge in [0.15, 0.2) is 0 Å². The second-order valence-electron chi connectivity index (χ2n) is 0.552. The lowest BCUT2D eigenvalue weighted by Gasteiger charge is -1.72. The van der Waals surface area contributed by atoms with Gasteiger partial charge in [0.2, 0.25) is 0 Å². The van der Waals surface area contributed by atoms with E-state index in [1.54, 1.807) is 0 Å². The molecule has 66 valence electrons. The lowest BCUT2D eigenvalue weighted by atomic mass is 10.8. The smallest absolute Gasteiger partial charge is 0.329 e. The van der Waals surface area contributed by atoms with Gasteiger partial charge in [0.05, 0.1) is 0 Å². The molecule has 3 heteroatoms. The zero-order valence-electron chi connectivity index (χ0n) is 6.75. The molecule has 0 spiro atoms. The van der Waals surface area contributed by atoms with Crippen molar-refractivity contribution in [2.24, 2.45) is 0 Å². The minimum atomic E-state index is -1.19. The largest absolute Gasteiger partial charge is 0.480 e. The first-order valence-corrected chi connectivity index (χ1v) is 2.60. The van der Waals surface area contributed by atoms with Gasteiger partial charge in [-0.2, -0.15) is 0 Å². The average molecular weight is 160 g/mol. The van der Waals surface area contributed by atoms with E-state index < -0.39 is 12.6 Å². The molecule has 0 aromatic carbocycles. The van der Waals surface area contributed by atoms with Gasteiger partial charge in [0.1, 0.15) is 6.61 Å². The fraction of sp³-hybridized carbons (Fsp3) is 0.125. The highest BCUT2D eigenvalue weighted by atomic mass is 16.4. The van der Waals surface area contributed by atoms with Crippen molar-refractivity contribution in [2.45, 2.75) is 0 Å². The van der Waals surface area contributed by atoms with Gasteiger partial charge in [-0.3, -0.25) is 0 Å². The van der Waals surface area contributed by atoms with Crippen LogP contribution in [0.25, 0.3) is 0 Å². The van der Waals surface area contributed by atoms with Crippen molar-refractivity contribution in [1.29, 1.82) is 0 Å². The van der Waals surface area contributed by atoms with Crippen LogP contribution in [0.5, 0.6) is 0 Å². The molecule has 0 heterocycles. The molecule has 3 nitrogen and oxygen atoms in total. The van der Waals surface area contributed by atoms with Crippen LogP contribution in [0, 0.1) is 0 Å². The summed E-state index contributed by atoms with van der Waals surface area (Å²) in [7, 11) is 0. The highest BCUT2D eigenvalue weighted by Gasteiger charge is 1.82. The van der Waals surface area contributed by atoms with Crippen molar-refractivity contribution in [3.05, 3.63) is 39.5 Å². The molecule has 0 rings (SSSR count). The summed E-state index contributed by atoms with van der Waals surface area (Å²) in [6.07, 6.45) is 0. The fourth-order valence-corrected chi connectivity index (χ4v) is 0. The van der Waals surface area contributed by atoms with Gasteiger partial charge in [0, 0.05) is 0 Å². The minimum absolute atomic E-state index is 0.778. The molecule has 0 aromatic rings. The molecule has 11 heavy (non-hydrogen) atoms. The summed E-state index contributed by atoms with van der Waals surface area (Å²) < 4.78 is 0. The maximum Gasteiger partial charge on any atom is 0.329 e. The highest BCUT2D eigenvalue weighted by molar-refractivity contribution is 5.67. The number of aliphatic hydroxyl groups is 1. The Morgan fingerprint density at radius 3 is 1.09 bits per heavy atom. The van der Waals surface area contributed by atoms with Crippen molar-refractivity contribution < 1.29 is 15.0 Å². The Hall–Kier alpha value is -1.35. The Labute approximate surface area is 68.0 Å². The van der Waals surface area contributed by atoms with Gasteiger partial charge < -0.3 is 10.2 Å². The number of carbonyl (C=O) groups is 1. The van der Waals surface area contributed by atoms with E-state index in [0.29, 0.717) is 0 Å². The molecule has 0 aliphatic rings. The van der Waals surface area contributed by atoms with E-state index in [4.69, 9.17) is 15.0 Å². The van der Waals surface area contributed by atoms with Crippen LogP contribution < -0.4 is 0 Å². The lowest BCUT2D eigenvalue weighted by Crippen LogP contribution is -1.98. The summed E-state index contributed by atoms with van der Waals surface area (Å²) in [5.41, 5.74) is 0. The Morgan fingerprint density at radius 1 is 1.00 bits per heavy atom. The van der Waals surface area contributed by atoms with Crippen molar-refractivity contribution in [3.63, 3.8) is 0 Å². The Bertz CT molecular complexity index is 67.0. The standard InChI is InChI=1S/C2H4O3.3C2H4/c3-1-2(4)5;3*1-2/h3H,1H2,(H,4,5);3*1-2H2. The van der Waals surface area contributed by atoms with E-state index in [-0.39, 0.29) is 0 Å². The van der Waals surface area contributed by atoms with Crippen molar-refractivity contribution in [1.82, 2.24) is 0 Å². The molecule has 0 fully saturated rings. The van der Waals surface area contributed by atoms with Crippen molar-refractivity contribution >= 4 is 5.97 Å². The van der Waals surface area contributed by atoms with E-state index >= 15 is 0 Å². The first-order chi connectivity index (χ1) is 5.27. The van der Waals surface area contributed by atoms with Crippen LogP contribution in [0.3, 0.4) is 0 Å². The summed E-state index contributed by atoms with van der Waals surface area (Å²) in [6, 6.07) is 0. The van der Waals surface area contributed by atoms with E-state index in [1.807, 2.05) is 0 Å². The summed E-state index contributed by atoms with van der Waals surface area (Å²) in [5, 5.41) is 15.0. The van der Waals surface area contributed by atoms with Crippen LogP contribution in [0.1, 0.15) is 0 Å². The van der Waals surface area contributed by atoms with Gasteiger partial charge in [-0.05, 0) is 0 Å². The molecule has 0 saturated heterocycles. The van der Waals surface area contributed by atoms with Gasteiger partial charge in [0.25, 0.3) is 0 Å². The van der Waals surface area contributed by atoms with Gasteiger partial charge >= 0.3 is 5.97 Å². The third-order valence-electron chi connectivity index (χ3n) is 0.135. The van der Waals surface area contributed by atoms with Crippen LogP contribution in [0.4, 0.5) is 0 Å². The zero-order chi connectivity index (χ0) is 10.3. The molecular weight excluding hydrogens is 144 g/mol. The number of aliphatic carboxylic acids is 1. The normalized spacial score (nSPS) is 4.45. The Balaban J connectivity index is -0.0000000350. The van der Waals surface area contributed by atoms with E-state index in [1.165, 1.54) is 0 Å². The molecular formula is C8H16O3. The molecule has 0 saturated carbocycles. The molecule has 0 amide bonds. The van der Waals surface area contributed by atoms with E-state index in [0.717, 1.165) is 0 Å². The maximum absolute atomic E-state index is 9.12. The fourth-order valence-electron chi connectivity index (χ4n) is 0. The van der Waals surface area contributed by atoms with E-state index in [9.17, 15) is 0 Å². The Kier molecular flexibility index (Phi) is 148. The maximum atomic E-state index is 9.12. The van der Waals surface area contributed by atoms with Crippen LogP contribution in [0.2, 0.25) is 0 Å². The van der Waals surface area contributed by atoms with Gasteiger partial charge in [-0.15, -0.1) is 39.5 Å². The zero-order valence-corrected chi connectivity index (χ0v) is 6.75. The number of aliphatic hydroxyl groups excluding tert-OH is 1. The monoisotopic (exact) mass is 160 g/mol. The van der Waals surface area contributed by atoms with Crippen LogP contribution >= 0.6 is 0 Å². The second kappa shape index (κ2) is 72.1. The molecule has 0 aromatic heterocycles. The molecule has 2 N–H and O–H groups in total. The second-order valence-corrected chi connectivity index (χ2v) is 0.552. The highest BCUT2D eigenvalue weighted by Crippen LogP contribution is 1.48. The number of carboxylic acid groups (broad SMARTS) is 1. The Morgan fingerprint density at radius 2 is 1.09 bits per heavy atom. The van der Waals surface area contributed by atoms with Crippen molar-refractivity contribution in [2.75, 3.05) is 6.61 Å². The first kappa shape index (κ1) is 22.6. The van der Waals surface area contributed by atoms with Crippen LogP contribution in [-0.4, -0.2) is 22.8 Å². The lowest BCUT2D eigenvalue weighted by molar-refractivity contribution is -0.140. The number of hydrogen-bond acceptors (Lipinski definition) is 2. The number of carboxylic acids is 1. The van der Waals surface area contributed by atoms with Crippen molar-refractivity contribution in [3.8, 4) is 0 Å². The number of rotatable bonds is 1. The molecule has 0 bridgehead atoms. The molecule has 0 aliphatic carbocycles.